The number of rotatable bonds is 4. The Morgan fingerprint density at radius 3 is 2.60 bits per heavy atom. The van der Waals surface area contributed by atoms with E-state index < -0.39 is 15.8 Å². The molecule has 0 saturated heterocycles. The number of hydrogen-bond donors (Lipinski definition) is 2. The molecule has 0 amide bonds. The van der Waals surface area contributed by atoms with Crippen molar-refractivity contribution < 1.29 is 17.2 Å². The molecule has 1 rings (SSSR count). The number of halogens is 2. The van der Waals surface area contributed by atoms with E-state index in [2.05, 4.69) is 0 Å². The summed E-state index contributed by atoms with van der Waals surface area (Å²) in [5.74, 6) is -3.45. The smallest absolute Gasteiger partial charge is 0.326 e. The van der Waals surface area contributed by atoms with Gasteiger partial charge in [0.15, 0.2) is 0 Å². The first-order valence-electron chi connectivity index (χ1n) is 4.04. The molecular formula is C8H10F2N2O2S. The van der Waals surface area contributed by atoms with Crippen molar-refractivity contribution in [3.05, 3.63) is 29.8 Å². The van der Waals surface area contributed by atoms with Gasteiger partial charge in [0.2, 0.25) is 0 Å². The average molecular weight is 236 g/mol. The quantitative estimate of drug-likeness (QED) is 0.822. The number of hydrogen-bond acceptors (Lipinski definition) is 3. The van der Waals surface area contributed by atoms with E-state index in [1.165, 1.54) is 18.2 Å². The third kappa shape index (κ3) is 3.14. The number of sulfonamides is 1. The van der Waals surface area contributed by atoms with E-state index in [1.54, 1.807) is 10.8 Å². The summed E-state index contributed by atoms with van der Waals surface area (Å²) in [5.41, 5.74) is 6.06. The predicted octanol–water partition coefficient (Wildman–Crippen LogP) is 1.11. The normalized spacial score (nSPS) is 11.7. The van der Waals surface area contributed by atoms with Crippen LogP contribution in [0.2, 0.25) is 0 Å². The molecule has 3 N–H and O–H groups in total. The van der Waals surface area contributed by atoms with Gasteiger partial charge in [-0.2, -0.15) is 8.78 Å². The zero-order valence-corrected chi connectivity index (χ0v) is 8.47. The summed E-state index contributed by atoms with van der Waals surface area (Å²) in [6.07, 6.45) is 0. The minimum absolute atomic E-state index is 0.0817. The SMILES string of the molecule is NCc1cccc(NS(=O)(=O)C(F)F)c1. The van der Waals surface area contributed by atoms with E-state index in [0.717, 1.165) is 0 Å². The van der Waals surface area contributed by atoms with Crippen molar-refractivity contribution in [1.82, 2.24) is 0 Å². The number of nitrogens with one attached hydrogen (secondary N) is 1. The third-order valence-corrected chi connectivity index (χ3v) is 2.65. The van der Waals surface area contributed by atoms with Crippen molar-refractivity contribution in [3.8, 4) is 0 Å². The van der Waals surface area contributed by atoms with Crippen molar-refractivity contribution in [2.75, 3.05) is 4.72 Å². The van der Waals surface area contributed by atoms with E-state index in [0.29, 0.717) is 5.56 Å². The Morgan fingerprint density at radius 2 is 2.07 bits per heavy atom. The maximum absolute atomic E-state index is 12.0. The van der Waals surface area contributed by atoms with Gasteiger partial charge in [-0.1, -0.05) is 12.1 Å². The minimum atomic E-state index is -4.60. The molecule has 0 unspecified atom stereocenters. The lowest BCUT2D eigenvalue weighted by molar-refractivity contribution is 0.236. The zero-order valence-electron chi connectivity index (χ0n) is 7.65. The first-order valence-corrected chi connectivity index (χ1v) is 5.59. The second-order valence-corrected chi connectivity index (χ2v) is 4.46. The molecule has 0 spiro atoms. The van der Waals surface area contributed by atoms with Gasteiger partial charge >= 0.3 is 5.76 Å². The van der Waals surface area contributed by atoms with Crippen LogP contribution in [0.25, 0.3) is 0 Å². The second kappa shape index (κ2) is 4.54. The van der Waals surface area contributed by atoms with E-state index in [9.17, 15) is 17.2 Å². The van der Waals surface area contributed by atoms with E-state index >= 15 is 0 Å². The molecule has 0 radical (unpaired) electrons. The summed E-state index contributed by atoms with van der Waals surface area (Å²) in [6, 6.07) is 5.98. The van der Waals surface area contributed by atoms with Crippen LogP contribution in [0.4, 0.5) is 14.5 Å². The Kier molecular flexibility index (Phi) is 3.59. The number of alkyl halides is 2. The van der Waals surface area contributed by atoms with Crippen LogP contribution in [0.1, 0.15) is 5.56 Å². The van der Waals surface area contributed by atoms with Crippen LogP contribution in [0.5, 0.6) is 0 Å². The van der Waals surface area contributed by atoms with Gasteiger partial charge in [-0.05, 0) is 17.7 Å². The molecule has 0 aliphatic rings. The first-order chi connectivity index (χ1) is 6.95. The van der Waals surface area contributed by atoms with Crippen molar-refractivity contribution in [2.24, 2.45) is 5.73 Å². The van der Waals surface area contributed by atoms with E-state index in [1.807, 2.05) is 0 Å². The minimum Gasteiger partial charge on any atom is -0.326 e. The Morgan fingerprint density at radius 1 is 1.40 bits per heavy atom. The highest BCUT2D eigenvalue weighted by atomic mass is 32.2. The van der Waals surface area contributed by atoms with Crippen LogP contribution in [0.3, 0.4) is 0 Å². The van der Waals surface area contributed by atoms with Gasteiger partial charge in [-0.15, -0.1) is 0 Å². The number of benzene rings is 1. The monoisotopic (exact) mass is 236 g/mol. The standard InChI is InChI=1S/C8H10F2N2O2S/c9-8(10)15(13,14)12-7-3-1-2-6(4-7)5-11/h1-4,8,12H,5,11H2. The first kappa shape index (κ1) is 11.9. The van der Waals surface area contributed by atoms with Crippen LogP contribution in [-0.2, 0) is 16.6 Å². The molecule has 1 aromatic rings. The van der Waals surface area contributed by atoms with Crippen molar-refractivity contribution in [3.63, 3.8) is 0 Å². The fourth-order valence-electron chi connectivity index (χ4n) is 0.971. The molecule has 0 aliphatic heterocycles. The molecule has 0 aliphatic carbocycles. The van der Waals surface area contributed by atoms with Crippen LogP contribution in [0, 0.1) is 0 Å². The lowest BCUT2D eigenvalue weighted by Gasteiger charge is -2.07. The molecule has 0 fully saturated rings. The van der Waals surface area contributed by atoms with E-state index in [4.69, 9.17) is 5.73 Å². The molecule has 7 heteroatoms. The summed E-state index contributed by atoms with van der Waals surface area (Å²) < 4.78 is 47.4. The average Bonchev–Trinajstić information content (AvgIpc) is 2.17. The topological polar surface area (TPSA) is 72.2 Å². The highest BCUT2D eigenvalue weighted by molar-refractivity contribution is 7.93. The summed E-state index contributed by atoms with van der Waals surface area (Å²) >= 11 is 0. The lowest BCUT2D eigenvalue weighted by Crippen LogP contribution is -2.20. The van der Waals surface area contributed by atoms with Crippen molar-refractivity contribution >= 4 is 15.7 Å². The summed E-state index contributed by atoms with van der Waals surface area (Å²) in [5, 5.41) is 0. The van der Waals surface area contributed by atoms with E-state index in [-0.39, 0.29) is 12.2 Å². The highest BCUT2D eigenvalue weighted by Gasteiger charge is 2.23. The van der Waals surface area contributed by atoms with Gasteiger partial charge in [0.1, 0.15) is 0 Å². The molecule has 0 bridgehead atoms. The Labute approximate surface area is 86.1 Å². The zero-order chi connectivity index (χ0) is 11.5. The molecule has 84 valence electrons. The molecule has 1 aromatic carbocycles. The van der Waals surface area contributed by atoms with Gasteiger partial charge in [0.05, 0.1) is 0 Å². The third-order valence-electron chi connectivity index (χ3n) is 1.66. The highest BCUT2D eigenvalue weighted by Crippen LogP contribution is 2.14. The molecule has 0 saturated carbocycles. The Bertz CT molecular complexity index is 434. The Hall–Kier alpha value is -1.21. The lowest BCUT2D eigenvalue weighted by atomic mass is 10.2. The van der Waals surface area contributed by atoms with Crippen molar-refractivity contribution in [1.29, 1.82) is 0 Å². The van der Waals surface area contributed by atoms with Gasteiger partial charge in [-0.25, -0.2) is 8.42 Å². The van der Waals surface area contributed by atoms with Gasteiger partial charge in [0, 0.05) is 12.2 Å². The van der Waals surface area contributed by atoms with Gasteiger partial charge in [0.25, 0.3) is 10.0 Å². The molecule has 4 nitrogen and oxygen atoms in total. The molecule has 0 aromatic heterocycles. The van der Waals surface area contributed by atoms with Crippen LogP contribution >= 0.6 is 0 Å². The number of nitrogens with two attached hydrogens (primary N) is 1. The van der Waals surface area contributed by atoms with Crippen molar-refractivity contribution in [2.45, 2.75) is 12.3 Å². The summed E-state index contributed by atoms with van der Waals surface area (Å²) in [4.78, 5) is 0. The summed E-state index contributed by atoms with van der Waals surface area (Å²) in [7, 11) is -4.60. The predicted molar refractivity (Wildman–Crippen MR) is 52.9 cm³/mol. The fraction of sp³-hybridized carbons (Fsp3) is 0.250. The maximum Gasteiger partial charge on any atom is 0.355 e. The Balaban J connectivity index is 2.90. The fourth-order valence-corrected chi connectivity index (χ4v) is 1.52. The van der Waals surface area contributed by atoms with Crippen LogP contribution in [-0.4, -0.2) is 14.2 Å². The molecular weight excluding hydrogens is 226 g/mol. The molecule has 0 heterocycles. The van der Waals surface area contributed by atoms with Gasteiger partial charge in [-0.3, -0.25) is 4.72 Å². The molecule has 0 atom stereocenters. The summed E-state index contributed by atoms with van der Waals surface area (Å²) in [6.45, 7) is 0.213. The van der Waals surface area contributed by atoms with Crippen LogP contribution < -0.4 is 10.5 Å². The van der Waals surface area contributed by atoms with Crippen LogP contribution in [0.15, 0.2) is 24.3 Å². The van der Waals surface area contributed by atoms with Gasteiger partial charge < -0.3 is 5.73 Å². The molecule has 15 heavy (non-hydrogen) atoms. The largest absolute Gasteiger partial charge is 0.355 e. The second-order valence-electron chi connectivity index (χ2n) is 2.81. The maximum atomic E-state index is 12.0. The number of anilines is 1.